The highest BCUT2D eigenvalue weighted by molar-refractivity contribution is 14.0. The molecular weight excluding hydrogens is 453 g/mol. The zero-order valence-corrected chi connectivity index (χ0v) is 19.8. The number of piperidine rings is 2. The summed E-state index contributed by atoms with van der Waals surface area (Å²) >= 11 is 0. The maximum atomic E-state index is 11.5. The Bertz CT molecular complexity index is 452. The number of hydrogen-bond donors (Lipinski definition) is 2. The Morgan fingerprint density at radius 1 is 1.11 bits per heavy atom. The van der Waals surface area contributed by atoms with Crippen molar-refractivity contribution in [3.05, 3.63) is 0 Å². The third-order valence-electron chi connectivity index (χ3n) is 5.97. The van der Waals surface area contributed by atoms with E-state index in [1.807, 2.05) is 7.05 Å². The zero-order chi connectivity index (χ0) is 18.8. The standard InChI is InChI=1S/C20H39N5O.HI/c1-17-8-4-6-12-24(17)13-7-5-11-23-20(22-3)25-14-9-18(10-15-25)16-19(26)21-2;/h17-18H,4-16H2,1-3H3,(H,21,26)(H,22,23);1H. The van der Waals surface area contributed by atoms with Gasteiger partial charge in [0.05, 0.1) is 0 Å². The molecule has 0 aromatic carbocycles. The minimum Gasteiger partial charge on any atom is -0.359 e. The van der Waals surface area contributed by atoms with Crippen LogP contribution in [0.4, 0.5) is 0 Å². The van der Waals surface area contributed by atoms with Gasteiger partial charge >= 0.3 is 0 Å². The van der Waals surface area contributed by atoms with E-state index in [2.05, 4.69) is 32.3 Å². The third kappa shape index (κ3) is 8.54. The van der Waals surface area contributed by atoms with Crippen LogP contribution in [0.2, 0.25) is 0 Å². The third-order valence-corrected chi connectivity index (χ3v) is 5.97. The second-order valence-corrected chi connectivity index (χ2v) is 7.87. The van der Waals surface area contributed by atoms with Gasteiger partial charge in [0.1, 0.15) is 0 Å². The molecule has 2 rings (SSSR count). The fraction of sp³-hybridized carbons (Fsp3) is 0.900. The number of amides is 1. The van der Waals surface area contributed by atoms with E-state index in [1.165, 1.54) is 45.2 Å². The van der Waals surface area contributed by atoms with Gasteiger partial charge in [-0.05, 0) is 64.5 Å². The lowest BCUT2D eigenvalue weighted by Crippen LogP contribution is -2.46. The minimum atomic E-state index is 0. The lowest BCUT2D eigenvalue weighted by atomic mass is 9.93. The summed E-state index contributed by atoms with van der Waals surface area (Å²) in [6.07, 6.45) is 9.37. The summed E-state index contributed by atoms with van der Waals surface area (Å²) in [5.41, 5.74) is 0. The maximum Gasteiger partial charge on any atom is 0.220 e. The highest BCUT2D eigenvalue weighted by Crippen LogP contribution is 2.20. The van der Waals surface area contributed by atoms with Crippen LogP contribution in [0.1, 0.15) is 58.3 Å². The van der Waals surface area contributed by atoms with Crippen LogP contribution in [0.25, 0.3) is 0 Å². The van der Waals surface area contributed by atoms with Crippen molar-refractivity contribution >= 4 is 35.8 Å². The van der Waals surface area contributed by atoms with Gasteiger partial charge in [0.2, 0.25) is 5.91 Å². The summed E-state index contributed by atoms with van der Waals surface area (Å²) in [6.45, 7) is 7.85. The first kappa shape index (κ1) is 24.5. The molecule has 0 spiro atoms. The molecule has 1 unspecified atom stereocenters. The largest absolute Gasteiger partial charge is 0.359 e. The molecular formula is C20H40IN5O. The van der Waals surface area contributed by atoms with Gasteiger partial charge in [0.15, 0.2) is 5.96 Å². The molecule has 158 valence electrons. The van der Waals surface area contributed by atoms with Crippen molar-refractivity contribution in [2.75, 3.05) is 46.8 Å². The molecule has 0 aliphatic carbocycles. The Labute approximate surface area is 182 Å². The summed E-state index contributed by atoms with van der Waals surface area (Å²) in [6, 6.07) is 0.764. The van der Waals surface area contributed by atoms with Gasteiger partial charge in [0.25, 0.3) is 0 Å². The first-order valence-corrected chi connectivity index (χ1v) is 10.5. The SMILES string of the molecule is CN=C(NCCCCN1CCCCC1C)N1CCC(CC(=O)NC)CC1.I. The van der Waals surface area contributed by atoms with Gasteiger partial charge in [-0.15, -0.1) is 24.0 Å². The predicted molar refractivity (Wildman–Crippen MR) is 124 cm³/mol. The van der Waals surface area contributed by atoms with Crippen LogP contribution in [0.3, 0.4) is 0 Å². The van der Waals surface area contributed by atoms with Crippen molar-refractivity contribution in [3.8, 4) is 0 Å². The van der Waals surface area contributed by atoms with Gasteiger partial charge in [-0.2, -0.15) is 0 Å². The second-order valence-electron chi connectivity index (χ2n) is 7.87. The lowest BCUT2D eigenvalue weighted by Gasteiger charge is -2.34. The maximum absolute atomic E-state index is 11.5. The van der Waals surface area contributed by atoms with Crippen molar-refractivity contribution in [2.45, 2.75) is 64.3 Å². The molecule has 27 heavy (non-hydrogen) atoms. The predicted octanol–water partition coefficient (Wildman–Crippen LogP) is 2.68. The Morgan fingerprint density at radius 3 is 2.48 bits per heavy atom. The number of carbonyl (C=O) groups is 1. The molecule has 6 nitrogen and oxygen atoms in total. The average Bonchev–Trinajstić information content (AvgIpc) is 2.67. The minimum absolute atomic E-state index is 0. The second kappa shape index (κ2) is 13.6. The van der Waals surface area contributed by atoms with Crippen LogP contribution < -0.4 is 10.6 Å². The molecule has 0 saturated carbocycles. The number of carbonyl (C=O) groups excluding carboxylic acids is 1. The van der Waals surface area contributed by atoms with E-state index < -0.39 is 0 Å². The van der Waals surface area contributed by atoms with Crippen LogP contribution in [-0.2, 0) is 4.79 Å². The molecule has 2 saturated heterocycles. The lowest BCUT2D eigenvalue weighted by molar-refractivity contribution is -0.121. The van der Waals surface area contributed by atoms with Gasteiger partial charge < -0.3 is 20.4 Å². The van der Waals surface area contributed by atoms with Crippen molar-refractivity contribution in [1.82, 2.24) is 20.4 Å². The van der Waals surface area contributed by atoms with E-state index in [0.717, 1.165) is 44.5 Å². The summed E-state index contributed by atoms with van der Waals surface area (Å²) in [5, 5.41) is 6.26. The zero-order valence-electron chi connectivity index (χ0n) is 17.5. The molecule has 2 fully saturated rings. The van der Waals surface area contributed by atoms with Crippen LogP contribution in [0.15, 0.2) is 4.99 Å². The van der Waals surface area contributed by atoms with E-state index in [4.69, 9.17) is 0 Å². The molecule has 0 aromatic rings. The van der Waals surface area contributed by atoms with E-state index in [0.29, 0.717) is 12.3 Å². The highest BCUT2D eigenvalue weighted by Gasteiger charge is 2.23. The van der Waals surface area contributed by atoms with Gasteiger partial charge in [-0.1, -0.05) is 6.42 Å². The molecule has 2 aliphatic heterocycles. The number of nitrogens with one attached hydrogen (secondary N) is 2. The van der Waals surface area contributed by atoms with Crippen molar-refractivity contribution in [2.24, 2.45) is 10.9 Å². The molecule has 2 aliphatic rings. The van der Waals surface area contributed by atoms with Crippen LogP contribution in [-0.4, -0.2) is 74.5 Å². The quantitative estimate of drug-likeness (QED) is 0.248. The Balaban J connectivity index is 0.00000364. The fourth-order valence-corrected chi connectivity index (χ4v) is 4.18. The topological polar surface area (TPSA) is 60.0 Å². The van der Waals surface area contributed by atoms with E-state index in [9.17, 15) is 4.79 Å². The molecule has 2 heterocycles. The molecule has 0 bridgehead atoms. The van der Waals surface area contributed by atoms with Crippen LogP contribution >= 0.6 is 24.0 Å². The van der Waals surface area contributed by atoms with Crippen molar-refractivity contribution in [1.29, 1.82) is 0 Å². The number of rotatable bonds is 7. The first-order valence-electron chi connectivity index (χ1n) is 10.5. The van der Waals surface area contributed by atoms with Gasteiger partial charge in [-0.3, -0.25) is 9.79 Å². The van der Waals surface area contributed by atoms with Crippen LogP contribution in [0.5, 0.6) is 0 Å². The fourth-order valence-electron chi connectivity index (χ4n) is 4.18. The highest BCUT2D eigenvalue weighted by atomic mass is 127. The number of aliphatic imine (C=N–C) groups is 1. The number of guanidine groups is 1. The van der Waals surface area contributed by atoms with E-state index >= 15 is 0 Å². The number of unbranched alkanes of at least 4 members (excludes halogenated alkanes) is 1. The van der Waals surface area contributed by atoms with Crippen LogP contribution in [0, 0.1) is 5.92 Å². The van der Waals surface area contributed by atoms with Gasteiger partial charge in [0, 0.05) is 46.2 Å². The number of nitrogens with zero attached hydrogens (tertiary/aromatic N) is 3. The summed E-state index contributed by atoms with van der Waals surface area (Å²) in [5.74, 6) is 1.69. The summed E-state index contributed by atoms with van der Waals surface area (Å²) < 4.78 is 0. The molecule has 2 N–H and O–H groups in total. The number of likely N-dealkylation sites (tertiary alicyclic amines) is 2. The molecule has 0 radical (unpaired) electrons. The Hall–Kier alpha value is -0.570. The number of hydrogen-bond acceptors (Lipinski definition) is 3. The first-order chi connectivity index (χ1) is 12.6. The molecule has 7 heteroatoms. The van der Waals surface area contributed by atoms with Crippen molar-refractivity contribution in [3.63, 3.8) is 0 Å². The Kier molecular flexibility index (Phi) is 12.3. The number of halogens is 1. The molecule has 0 aromatic heterocycles. The summed E-state index contributed by atoms with van der Waals surface area (Å²) in [4.78, 5) is 21.0. The molecule has 1 amide bonds. The average molecular weight is 493 g/mol. The van der Waals surface area contributed by atoms with E-state index in [-0.39, 0.29) is 29.9 Å². The molecule has 1 atom stereocenters. The smallest absolute Gasteiger partial charge is 0.220 e. The normalized spacial score (nSPS) is 22.3. The van der Waals surface area contributed by atoms with Gasteiger partial charge in [-0.25, -0.2) is 0 Å². The summed E-state index contributed by atoms with van der Waals surface area (Å²) in [7, 11) is 3.59. The van der Waals surface area contributed by atoms with E-state index in [1.54, 1.807) is 7.05 Å². The Morgan fingerprint density at radius 2 is 1.85 bits per heavy atom. The monoisotopic (exact) mass is 493 g/mol. The van der Waals surface area contributed by atoms with Crippen molar-refractivity contribution < 1.29 is 4.79 Å².